The van der Waals surface area contributed by atoms with E-state index < -0.39 is 0 Å². The molecule has 4 rings (SSSR count). The van der Waals surface area contributed by atoms with E-state index >= 15 is 0 Å². The standard InChI is InChI=1S/C25H31N5O2S/c1-28(17-20-10-9-13-22(16-20)32-2)24(31)19-33-25-27-26-23(18-29-14-7-4-8-15-29)30(25)21-11-5-3-6-12-21/h3,5-6,9-13,16H,4,7-8,14-15,17-19H2,1-2H3. The molecule has 0 saturated carbocycles. The van der Waals surface area contributed by atoms with Crippen LogP contribution in [0.15, 0.2) is 59.8 Å². The number of piperidine rings is 1. The third-order valence-electron chi connectivity index (χ3n) is 5.83. The highest BCUT2D eigenvalue weighted by molar-refractivity contribution is 7.99. The summed E-state index contributed by atoms with van der Waals surface area (Å²) in [6.45, 7) is 3.49. The molecule has 3 aromatic rings. The van der Waals surface area contributed by atoms with Gasteiger partial charge in [0.25, 0.3) is 0 Å². The molecule has 1 amide bonds. The summed E-state index contributed by atoms with van der Waals surface area (Å²) in [6, 6.07) is 17.9. The minimum atomic E-state index is 0.0445. The molecule has 7 nitrogen and oxygen atoms in total. The van der Waals surface area contributed by atoms with Crippen LogP contribution in [-0.4, -0.2) is 63.5 Å². The molecule has 1 aliphatic rings. The fourth-order valence-corrected chi connectivity index (χ4v) is 4.93. The van der Waals surface area contributed by atoms with E-state index in [-0.39, 0.29) is 5.91 Å². The average molecular weight is 466 g/mol. The van der Waals surface area contributed by atoms with E-state index in [9.17, 15) is 4.79 Å². The number of benzene rings is 2. The van der Waals surface area contributed by atoms with Crippen molar-refractivity contribution >= 4 is 17.7 Å². The smallest absolute Gasteiger partial charge is 0.233 e. The van der Waals surface area contributed by atoms with Gasteiger partial charge >= 0.3 is 0 Å². The number of methoxy groups -OCH3 is 1. The first-order valence-corrected chi connectivity index (χ1v) is 12.3. The second-order valence-corrected chi connectivity index (χ2v) is 9.24. The Morgan fingerprint density at radius 2 is 1.85 bits per heavy atom. The molecule has 1 saturated heterocycles. The fraction of sp³-hybridized carbons (Fsp3) is 0.400. The monoisotopic (exact) mass is 465 g/mol. The molecule has 0 atom stereocenters. The van der Waals surface area contributed by atoms with Gasteiger partial charge in [0.1, 0.15) is 5.75 Å². The van der Waals surface area contributed by atoms with Gasteiger partial charge in [0.15, 0.2) is 11.0 Å². The number of carbonyl (C=O) groups excluding carboxylic acids is 1. The van der Waals surface area contributed by atoms with E-state index in [1.807, 2.05) is 49.5 Å². The number of para-hydroxylation sites is 1. The third kappa shape index (κ3) is 6.15. The van der Waals surface area contributed by atoms with Gasteiger partial charge in [-0.3, -0.25) is 14.3 Å². The maximum absolute atomic E-state index is 12.9. The zero-order chi connectivity index (χ0) is 23.0. The van der Waals surface area contributed by atoms with Crippen LogP contribution < -0.4 is 4.74 Å². The minimum Gasteiger partial charge on any atom is -0.497 e. The van der Waals surface area contributed by atoms with Crippen molar-refractivity contribution in [3.63, 3.8) is 0 Å². The van der Waals surface area contributed by atoms with E-state index in [2.05, 4.69) is 31.8 Å². The summed E-state index contributed by atoms with van der Waals surface area (Å²) < 4.78 is 7.38. The summed E-state index contributed by atoms with van der Waals surface area (Å²) in [7, 11) is 3.47. The van der Waals surface area contributed by atoms with Crippen LogP contribution in [0.2, 0.25) is 0 Å². The Labute approximate surface area is 199 Å². The molecule has 0 aliphatic carbocycles. The number of rotatable bonds is 9. The molecule has 1 aliphatic heterocycles. The maximum Gasteiger partial charge on any atom is 0.233 e. The van der Waals surface area contributed by atoms with Gasteiger partial charge < -0.3 is 9.64 Å². The van der Waals surface area contributed by atoms with Gasteiger partial charge in [0.05, 0.1) is 19.4 Å². The summed E-state index contributed by atoms with van der Waals surface area (Å²) >= 11 is 1.43. The molecule has 8 heteroatoms. The lowest BCUT2D eigenvalue weighted by Crippen LogP contribution is -2.30. The molecule has 0 spiro atoms. The Morgan fingerprint density at radius 3 is 2.61 bits per heavy atom. The normalized spacial score (nSPS) is 14.2. The predicted octanol–water partition coefficient (Wildman–Crippen LogP) is 4.01. The Balaban J connectivity index is 1.45. The molecule has 0 bridgehead atoms. The summed E-state index contributed by atoms with van der Waals surface area (Å²) in [4.78, 5) is 17.0. The van der Waals surface area contributed by atoms with Crippen molar-refractivity contribution < 1.29 is 9.53 Å². The van der Waals surface area contributed by atoms with Crippen LogP contribution in [0.3, 0.4) is 0 Å². The van der Waals surface area contributed by atoms with Crippen molar-refractivity contribution in [2.45, 2.75) is 37.5 Å². The molecule has 2 heterocycles. The molecule has 1 fully saturated rings. The predicted molar refractivity (Wildman–Crippen MR) is 131 cm³/mol. The number of likely N-dealkylation sites (tertiary alicyclic amines) is 1. The number of nitrogens with zero attached hydrogens (tertiary/aromatic N) is 5. The first-order valence-electron chi connectivity index (χ1n) is 11.4. The van der Waals surface area contributed by atoms with Crippen LogP contribution in [0.1, 0.15) is 30.7 Å². The van der Waals surface area contributed by atoms with E-state index in [4.69, 9.17) is 4.74 Å². The van der Waals surface area contributed by atoms with Crippen molar-refractivity contribution in [3.05, 3.63) is 66.0 Å². The van der Waals surface area contributed by atoms with Crippen molar-refractivity contribution in [2.75, 3.05) is 33.0 Å². The van der Waals surface area contributed by atoms with Gasteiger partial charge in [-0.2, -0.15) is 0 Å². The van der Waals surface area contributed by atoms with Crippen LogP contribution in [-0.2, 0) is 17.9 Å². The van der Waals surface area contributed by atoms with Crippen LogP contribution in [0, 0.1) is 0 Å². The third-order valence-corrected chi connectivity index (χ3v) is 6.75. The highest BCUT2D eigenvalue weighted by Crippen LogP contribution is 2.24. The Kier molecular flexibility index (Phi) is 8.01. The molecule has 0 radical (unpaired) electrons. The van der Waals surface area contributed by atoms with E-state index in [0.717, 1.165) is 47.6 Å². The first-order chi connectivity index (χ1) is 16.1. The van der Waals surface area contributed by atoms with Crippen molar-refractivity contribution in [2.24, 2.45) is 0 Å². The topological polar surface area (TPSA) is 63.5 Å². The van der Waals surface area contributed by atoms with Crippen molar-refractivity contribution in [1.82, 2.24) is 24.6 Å². The lowest BCUT2D eigenvalue weighted by molar-refractivity contribution is -0.127. The zero-order valence-corrected chi connectivity index (χ0v) is 20.1. The summed E-state index contributed by atoms with van der Waals surface area (Å²) in [5.74, 6) is 2.06. The molecular weight excluding hydrogens is 434 g/mol. The van der Waals surface area contributed by atoms with Gasteiger partial charge in [-0.15, -0.1) is 10.2 Å². The zero-order valence-electron chi connectivity index (χ0n) is 19.3. The Morgan fingerprint density at radius 1 is 1.06 bits per heavy atom. The van der Waals surface area contributed by atoms with E-state index in [1.54, 1.807) is 12.0 Å². The van der Waals surface area contributed by atoms with Crippen LogP contribution in [0.4, 0.5) is 0 Å². The SMILES string of the molecule is COc1cccc(CN(C)C(=O)CSc2nnc(CN3CCCCC3)n2-c2ccccc2)c1. The molecule has 1 aromatic heterocycles. The maximum atomic E-state index is 12.9. The number of ether oxygens (including phenoxy) is 1. The molecule has 174 valence electrons. The Bertz CT molecular complexity index is 1050. The molecule has 33 heavy (non-hydrogen) atoms. The Hall–Kier alpha value is -2.84. The molecular formula is C25H31N5O2S. The number of thioether (sulfide) groups is 1. The van der Waals surface area contributed by atoms with Gasteiger partial charge in [-0.1, -0.05) is 48.5 Å². The van der Waals surface area contributed by atoms with Gasteiger partial charge in [-0.25, -0.2) is 0 Å². The second kappa shape index (κ2) is 11.3. The van der Waals surface area contributed by atoms with Crippen LogP contribution >= 0.6 is 11.8 Å². The summed E-state index contributed by atoms with van der Waals surface area (Å²) in [5.41, 5.74) is 2.06. The first kappa shape index (κ1) is 23.3. The van der Waals surface area contributed by atoms with Gasteiger partial charge in [0, 0.05) is 19.3 Å². The molecule has 0 unspecified atom stereocenters. The van der Waals surface area contributed by atoms with Gasteiger partial charge in [-0.05, 0) is 55.8 Å². The lowest BCUT2D eigenvalue weighted by atomic mass is 10.1. The number of amides is 1. The largest absolute Gasteiger partial charge is 0.497 e. The fourth-order valence-electron chi connectivity index (χ4n) is 4.02. The lowest BCUT2D eigenvalue weighted by Gasteiger charge is -2.26. The van der Waals surface area contributed by atoms with Gasteiger partial charge in [0.2, 0.25) is 5.91 Å². The number of carbonyl (C=O) groups is 1. The summed E-state index contributed by atoms with van der Waals surface area (Å²) in [6.07, 6.45) is 3.76. The average Bonchev–Trinajstić information content (AvgIpc) is 3.26. The highest BCUT2D eigenvalue weighted by atomic mass is 32.2. The summed E-state index contributed by atoms with van der Waals surface area (Å²) in [5, 5.41) is 9.71. The number of aromatic nitrogens is 3. The number of hydrogen-bond donors (Lipinski definition) is 0. The minimum absolute atomic E-state index is 0.0445. The second-order valence-electron chi connectivity index (χ2n) is 8.30. The quantitative estimate of drug-likeness (QED) is 0.445. The van der Waals surface area contributed by atoms with Crippen molar-refractivity contribution in [3.8, 4) is 11.4 Å². The van der Waals surface area contributed by atoms with E-state index in [1.165, 1.54) is 31.0 Å². The van der Waals surface area contributed by atoms with Crippen LogP contribution in [0.5, 0.6) is 5.75 Å². The highest BCUT2D eigenvalue weighted by Gasteiger charge is 2.20. The number of hydrogen-bond acceptors (Lipinski definition) is 6. The molecule has 2 aromatic carbocycles. The van der Waals surface area contributed by atoms with E-state index in [0.29, 0.717) is 12.3 Å². The van der Waals surface area contributed by atoms with Crippen molar-refractivity contribution in [1.29, 1.82) is 0 Å². The van der Waals surface area contributed by atoms with Crippen LogP contribution in [0.25, 0.3) is 5.69 Å². The molecule has 0 N–H and O–H groups in total.